The number of fused-ring (bicyclic) bond motifs is 1. The minimum Gasteiger partial charge on any atom is -0.267 e. The van der Waals surface area contributed by atoms with E-state index in [2.05, 4.69) is 15.2 Å². The van der Waals surface area contributed by atoms with Gasteiger partial charge >= 0.3 is 0 Å². The second-order valence-corrected chi connectivity index (χ2v) is 8.28. The van der Waals surface area contributed by atoms with Crippen molar-refractivity contribution in [2.45, 2.75) is 20.8 Å². The Morgan fingerprint density at radius 3 is 2.75 bits per heavy atom. The Hall–Kier alpha value is -2.48. The number of rotatable bonds is 3. The van der Waals surface area contributed by atoms with Crippen molar-refractivity contribution in [3.63, 3.8) is 0 Å². The second-order valence-electron chi connectivity index (χ2n) is 6.28. The zero-order chi connectivity index (χ0) is 20.0. The second kappa shape index (κ2) is 7.16. The van der Waals surface area contributed by atoms with E-state index >= 15 is 0 Å². The van der Waals surface area contributed by atoms with Crippen LogP contribution in [0.2, 0.25) is 10.2 Å². The van der Waals surface area contributed by atoms with E-state index < -0.39 is 0 Å². The van der Waals surface area contributed by atoms with Gasteiger partial charge < -0.3 is 0 Å². The number of halogens is 2. The maximum Gasteiger partial charge on any atom is 0.282 e. The lowest BCUT2D eigenvalue weighted by molar-refractivity contribution is 0.818. The van der Waals surface area contributed by atoms with Gasteiger partial charge in [0.05, 0.1) is 28.5 Å². The molecule has 4 rings (SSSR count). The number of benzene rings is 1. The van der Waals surface area contributed by atoms with Crippen LogP contribution in [0, 0.1) is 20.8 Å². The van der Waals surface area contributed by atoms with Crippen LogP contribution < -0.4 is 5.56 Å². The molecule has 3 aromatic heterocycles. The van der Waals surface area contributed by atoms with Gasteiger partial charge in [0, 0.05) is 9.90 Å². The van der Waals surface area contributed by atoms with Gasteiger partial charge in [-0.15, -0.1) is 11.3 Å². The molecule has 0 aliphatic rings. The Balaban J connectivity index is 1.77. The topological polar surface area (TPSA) is 65.1 Å². The third kappa shape index (κ3) is 3.15. The highest BCUT2D eigenvalue weighted by atomic mass is 35.5. The Kier molecular flexibility index (Phi) is 4.82. The summed E-state index contributed by atoms with van der Waals surface area (Å²) in [5, 5.41) is 10.3. The van der Waals surface area contributed by atoms with Crippen LogP contribution in [0.3, 0.4) is 0 Å². The Labute approximate surface area is 174 Å². The van der Waals surface area contributed by atoms with Crippen LogP contribution in [0.25, 0.3) is 15.9 Å². The van der Waals surface area contributed by atoms with E-state index in [9.17, 15) is 4.79 Å². The zero-order valence-corrected chi connectivity index (χ0v) is 17.6. The number of hydrogen-bond donors (Lipinski definition) is 0. The number of thiophene rings is 1. The summed E-state index contributed by atoms with van der Waals surface area (Å²) in [4.78, 5) is 18.9. The average molecular weight is 432 g/mol. The van der Waals surface area contributed by atoms with Crippen molar-refractivity contribution < 1.29 is 0 Å². The number of nitrogens with zero attached hydrogens (tertiary/aromatic N) is 5. The van der Waals surface area contributed by atoms with Crippen molar-refractivity contribution in [1.82, 2.24) is 19.4 Å². The van der Waals surface area contributed by atoms with Gasteiger partial charge in [0.25, 0.3) is 5.56 Å². The quantitative estimate of drug-likeness (QED) is 0.439. The first-order valence-electron chi connectivity index (χ1n) is 8.39. The minimum atomic E-state index is -0.209. The van der Waals surface area contributed by atoms with Crippen molar-refractivity contribution in [2.75, 3.05) is 0 Å². The predicted molar refractivity (Wildman–Crippen MR) is 115 cm³/mol. The first kappa shape index (κ1) is 18.9. The molecular formula is C19H15Cl2N5OS. The van der Waals surface area contributed by atoms with Gasteiger partial charge in [-0.3, -0.25) is 4.79 Å². The third-order valence-corrected chi connectivity index (χ3v) is 6.20. The van der Waals surface area contributed by atoms with Crippen LogP contribution in [0.1, 0.15) is 21.7 Å². The maximum atomic E-state index is 12.8. The molecular weight excluding hydrogens is 417 g/mol. The molecule has 3 heterocycles. The first-order chi connectivity index (χ1) is 13.4. The molecule has 0 atom stereocenters. The lowest BCUT2D eigenvalue weighted by Crippen LogP contribution is -2.17. The SMILES string of the molecule is Cc1nn(-c2cccc(Cl)c2)c(Cl)c1/C=N/n1cnc2sc(C)c(C)c2c1=O. The van der Waals surface area contributed by atoms with Gasteiger partial charge in [0.2, 0.25) is 0 Å². The lowest BCUT2D eigenvalue weighted by Gasteiger charge is -2.03. The van der Waals surface area contributed by atoms with Crippen molar-refractivity contribution >= 4 is 51.0 Å². The van der Waals surface area contributed by atoms with E-state index in [1.54, 1.807) is 16.8 Å². The number of aromatic nitrogens is 4. The molecule has 6 nitrogen and oxygen atoms in total. The number of hydrogen-bond acceptors (Lipinski definition) is 5. The highest BCUT2D eigenvalue weighted by Crippen LogP contribution is 2.26. The van der Waals surface area contributed by atoms with Gasteiger partial charge in [-0.1, -0.05) is 29.3 Å². The highest BCUT2D eigenvalue weighted by Gasteiger charge is 2.15. The van der Waals surface area contributed by atoms with Crippen LogP contribution in [0.5, 0.6) is 0 Å². The Bertz CT molecular complexity index is 1300. The fraction of sp³-hybridized carbons (Fsp3) is 0.158. The van der Waals surface area contributed by atoms with Crippen LogP contribution in [0.4, 0.5) is 0 Å². The monoisotopic (exact) mass is 431 g/mol. The fourth-order valence-corrected chi connectivity index (χ4v) is 4.36. The van der Waals surface area contributed by atoms with E-state index in [-0.39, 0.29) is 5.56 Å². The molecule has 0 saturated heterocycles. The fourth-order valence-electron chi connectivity index (χ4n) is 2.86. The van der Waals surface area contributed by atoms with Crippen molar-refractivity contribution in [1.29, 1.82) is 0 Å². The Morgan fingerprint density at radius 1 is 1.21 bits per heavy atom. The van der Waals surface area contributed by atoms with Gasteiger partial charge in [-0.2, -0.15) is 14.9 Å². The van der Waals surface area contributed by atoms with E-state index in [0.717, 1.165) is 21.0 Å². The molecule has 0 aliphatic heterocycles. The molecule has 1 aromatic carbocycles. The van der Waals surface area contributed by atoms with Crippen molar-refractivity contribution in [2.24, 2.45) is 5.10 Å². The van der Waals surface area contributed by atoms with Crippen LogP contribution in [-0.2, 0) is 0 Å². The first-order valence-corrected chi connectivity index (χ1v) is 9.97. The van der Waals surface area contributed by atoms with Crippen LogP contribution >= 0.6 is 34.5 Å². The van der Waals surface area contributed by atoms with E-state index in [1.807, 2.05) is 32.9 Å². The summed E-state index contributed by atoms with van der Waals surface area (Å²) in [5.41, 5.74) is 2.76. The molecule has 0 bridgehead atoms. The summed E-state index contributed by atoms with van der Waals surface area (Å²) in [6.07, 6.45) is 2.94. The molecule has 0 saturated carbocycles. The smallest absolute Gasteiger partial charge is 0.267 e. The molecule has 0 amide bonds. The molecule has 0 aliphatic carbocycles. The van der Waals surface area contributed by atoms with Gasteiger partial charge in [-0.25, -0.2) is 9.67 Å². The normalized spacial score (nSPS) is 11.8. The summed E-state index contributed by atoms with van der Waals surface area (Å²) in [7, 11) is 0. The van der Waals surface area contributed by atoms with Crippen LogP contribution in [-0.4, -0.2) is 25.7 Å². The minimum absolute atomic E-state index is 0.209. The van der Waals surface area contributed by atoms with E-state index in [0.29, 0.717) is 26.8 Å². The number of aryl methyl sites for hydroxylation is 3. The molecule has 9 heteroatoms. The summed E-state index contributed by atoms with van der Waals surface area (Å²) in [6, 6.07) is 7.23. The van der Waals surface area contributed by atoms with Crippen LogP contribution in [0.15, 0.2) is 40.5 Å². The average Bonchev–Trinajstić information content (AvgIpc) is 3.11. The molecule has 4 aromatic rings. The van der Waals surface area contributed by atoms with Crippen molar-refractivity contribution in [3.05, 3.63) is 72.8 Å². The predicted octanol–water partition coefficient (Wildman–Crippen LogP) is 4.76. The van der Waals surface area contributed by atoms with Gasteiger partial charge in [0.15, 0.2) is 0 Å². The standard InChI is InChI=1S/C19H15Cl2N5OS/c1-10-12(3)28-18-16(10)19(27)25(9-22-18)23-8-15-11(2)24-26(17(15)21)14-6-4-5-13(20)7-14/h4-9H,1-3H3/b23-8+. The molecule has 0 spiro atoms. The molecule has 28 heavy (non-hydrogen) atoms. The largest absolute Gasteiger partial charge is 0.282 e. The van der Waals surface area contributed by atoms with Gasteiger partial charge in [0.1, 0.15) is 16.3 Å². The molecule has 142 valence electrons. The lowest BCUT2D eigenvalue weighted by atomic mass is 10.2. The highest BCUT2D eigenvalue weighted by molar-refractivity contribution is 7.18. The Morgan fingerprint density at radius 2 is 2.00 bits per heavy atom. The van der Waals surface area contributed by atoms with E-state index in [4.69, 9.17) is 23.2 Å². The van der Waals surface area contributed by atoms with Gasteiger partial charge in [-0.05, 0) is 44.5 Å². The summed E-state index contributed by atoms with van der Waals surface area (Å²) in [6.45, 7) is 5.72. The maximum absolute atomic E-state index is 12.8. The zero-order valence-electron chi connectivity index (χ0n) is 15.3. The van der Waals surface area contributed by atoms with Crippen molar-refractivity contribution in [3.8, 4) is 5.69 Å². The van der Waals surface area contributed by atoms with E-state index in [1.165, 1.54) is 28.6 Å². The molecule has 0 unspecified atom stereocenters. The summed E-state index contributed by atoms with van der Waals surface area (Å²) in [5.74, 6) is 0. The molecule has 0 fully saturated rings. The summed E-state index contributed by atoms with van der Waals surface area (Å²) < 4.78 is 2.80. The third-order valence-electron chi connectivity index (χ3n) is 4.49. The summed E-state index contributed by atoms with van der Waals surface area (Å²) >= 11 is 14.1. The molecule has 0 N–H and O–H groups in total. The molecule has 0 radical (unpaired) electrons.